The summed E-state index contributed by atoms with van der Waals surface area (Å²) in [5, 5.41) is 6.77. The lowest BCUT2D eigenvalue weighted by Crippen LogP contribution is -1.93. The zero-order valence-electron chi connectivity index (χ0n) is 26.5. The van der Waals surface area contributed by atoms with E-state index in [4.69, 9.17) is 14.4 Å². The van der Waals surface area contributed by atoms with Crippen molar-refractivity contribution in [1.82, 2.24) is 9.97 Å². The molecular weight excluding hydrogens is 597 g/mol. The molecule has 0 fully saturated rings. The Morgan fingerprint density at radius 3 is 1.80 bits per heavy atom. The van der Waals surface area contributed by atoms with Crippen LogP contribution in [0.1, 0.15) is 0 Å². The van der Waals surface area contributed by atoms with Crippen LogP contribution >= 0.6 is 0 Å². The quantitative estimate of drug-likeness (QED) is 0.183. The Labute approximate surface area is 282 Å². The minimum Gasteiger partial charge on any atom is -0.456 e. The highest BCUT2D eigenvalue weighted by Gasteiger charge is 2.21. The Morgan fingerprint density at radius 2 is 1.00 bits per heavy atom. The van der Waals surface area contributed by atoms with E-state index in [2.05, 4.69) is 146 Å². The second kappa shape index (κ2) is 11.0. The third-order valence-corrected chi connectivity index (χ3v) is 9.66. The predicted octanol–water partition coefficient (Wildman–Crippen LogP) is 12.5. The Morgan fingerprint density at radius 1 is 0.367 bits per heavy atom. The average molecular weight is 625 g/mol. The van der Waals surface area contributed by atoms with E-state index in [1.165, 1.54) is 5.39 Å². The Hall–Kier alpha value is -6.58. The van der Waals surface area contributed by atoms with E-state index < -0.39 is 0 Å². The molecule has 0 aliphatic rings. The van der Waals surface area contributed by atoms with Crippen molar-refractivity contribution in [1.29, 1.82) is 0 Å². The largest absolute Gasteiger partial charge is 0.456 e. The van der Waals surface area contributed by atoms with Gasteiger partial charge in [-0.3, -0.25) is 0 Å². The predicted molar refractivity (Wildman–Crippen MR) is 204 cm³/mol. The van der Waals surface area contributed by atoms with Crippen LogP contribution < -0.4 is 0 Å². The summed E-state index contributed by atoms with van der Waals surface area (Å²) < 4.78 is 6.56. The lowest BCUT2D eigenvalue weighted by Gasteiger charge is -2.16. The molecular formula is C46H28N2O. The fourth-order valence-electron chi connectivity index (χ4n) is 7.31. The third kappa shape index (κ3) is 4.51. The van der Waals surface area contributed by atoms with Crippen LogP contribution in [0.15, 0.2) is 174 Å². The van der Waals surface area contributed by atoms with Gasteiger partial charge in [-0.1, -0.05) is 140 Å². The van der Waals surface area contributed by atoms with Gasteiger partial charge < -0.3 is 4.42 Å². The van der Waals surface area contributed by atoms with E-state index in [-0.39, 0.29) is 0 Å². The molecule has 0 amide bonds. The average Bonchev–Trinajstić information content (AvgIpc) is 3.55. The van der Waals surface area contributed by atoms with E-state index in [1.807, 2.05) is 24.3 Å². The summed E-state index contributed by atoms with van der Waals surface area (Å²) in [6, 6.07) is 59.6. The summed E-state index contributed by atoms with van der Waals surface area (Å²) in [6.45, 7) is 0. The number of rotatable bonds is 4. The lowest BCUT2D eigenvalue weighted by atomic mass is 9.89. The van der Waals surface area contributed by atoms with Crippen molar-refractivity contribution in [3.63, 3.8) is 0 Å². The second-order valence-corrected chi connectivity index (χ2v) is 12.5. The maximum absolute atomic E-state index is 6.56. The van der Waals surface area contributed by atoms with Crippen molar-refractivity contribution in [2.75, 3.05) is 0 Å². The minimum absolute atomic E-state index is 0.861. The maximum atomic E-state index is 6.56. The third-order valence-electron chi connectivity index (χ3n) is 9.66. The number of aromatic nitrogens is 2. The number of benzene rings is 7. The zero-order chi connectivity index (χ0) is 32.3. The number of hydrogen-bond donors (Lipinski definition) is 0. The summed E-state index contributed by atoms with van der Waals surface area (Å²) in [5.41, 5.74) is 12.5. The molecule has 0 radical (unpaired) electrons. The zero-order valence-corrected chi connectivity index (χ0v) is 26.5. The fraction of sp³-hybridized carbons (Fsp3) is 0. The van der Waals surface area contributed by atoms with Gasteiger partial charge in [0.2, 0.25) is 0 Å². The van der Waals surface area contributed by atoms with Gasteiger partial charge in [-0.2, -0.15) is 0 Å². The van der Waals surface area contributed by atoms with Crippen LogP contribution in [0, 0.1) is 0 Å². The van der Waals surface area contributed by atoms with Gasteiger partial charge in [-0.05, 0) is 47.0 Å². The van der Waals surface area contributed by atoms with Gasteiger partial charge in [0, 0.05) is 49.0 Å². The maximum Gasteiger partial charge on any atom is 0.136 e. The van der Waals surface area contributed by atoms with Crippen LogP contribution in [0.25, 0.3) is 99.3 Å². The van der Waals surface area contributed by atoms with Crippen LogP contribution in [-0.2, 0) is 0 Å². The first-order valence-corrected chi connectivity index (χ1v) is 16.6. The van der Waals surface area contributed by atoms with Gasteiger partial charge in [0.1, 0.15) is 11.2 Å². The molecule has 0 saturated carbocycles. The number of hydrogen-bond acceptors (Lipinski definition) is 3. The summed E-state index contributed by atoms with van der Waals surface area (Å²) >= 11 is 0. The molecule has 0 unspecified atom stereocenters. The van der Waals surface area contributed by atoms with Crippen LogP contribution in [0.2, 0.25) is 0 Å². The van der Waals surface area contributed by atoms with Crippen molar-refractivity contribution >= 4 is 54.5 Å². The molecule has 0 atom stereocenters. The summed E-state index contributed by atoms with van der Waals surface area (Å²) in [6.07, 6.45) is 0. The van der Waals surface area contributed by atoms with E-state index >= 15 is 0 Å². The van der Waals surface area contributed by atoms with E-state index in [0.717, 1.165) is 93.9 Å². The van der Waals surface area contributed by atoms with Gasteiger partial charge in [0.05, 0.1) is 22.4 Å². The van der Waals surface area contributed by atoms with E-state index in [1.54, 1.807) is 0 Å². The van der Waals surface area contributed by atoms with Crippen LogP contribution in [0.5, 0.6) is 0 Å². The molecule has 0 aliphatic carbocycles. The summed E-state index contributed by atoms with van der Waals surface area (Å²) in [5.74, 6) is 0. The highest BCUT2D eigenvalue weighted by molar-refractivity contribution is 6.27. The lowest BCUT2D eigenvalue weighted by molar-refractivity contribution is 0.669. The Bertz CT molecular complexity index is 2850. The number of pyridine rings is 2. The molecule has 3 nitrogen and oxygen atoms in total. The molecule has 228 valence electrons. The van der Waals surface area contributed by atoms with E-state index in [9.17, 15) is 0 Å². The molecule has 0 bridgehead atoms. The normalized spacial score (nSPS) is 11.7. The monoisotopic (exact) mass is 624 g/mol. The summed E-state index contributed by atoms with van der Waals surface area (Å²) in [7, 11) is 0. The molecule has 3 heteroatoms. The summed E-state index contributed by atoms with van der Waals surface area (Å²) in [4.78, 5) is 10.1. The van der Waals surface area contributed by atoms with Crippen LogP contribution in [0.3, 0.4) is 0 Å². The molecule has 3 heterocycles. The van der Waals surface area contributed by atoms with Gasteiger partial charge in [0.15, 0.2) is 0 Å². The van der Waals surface area contributed by atoms with Crippen molar-refractivity contribution in [2.45, 2.75) is 0 Å². The fourth-order valence-corrected chi connectivity index (χ4v) is 7.31. The molecule has 3 aromatic heterocycles. The minimum atomic E-state index is 0.861. The number of furan rings is 1. The van der Waals surface area contributed by atoms with Crippen LogP contribution in [0.4, 0.5) is 0 Å². The van der Waals surface area contributed by atoms with Gasteiger partial charge >= 0.3 is 0 Å². The van der Waals surface area contributed by atoms with Crippen molar-refractivity contribution in [3.8, 4) is 44.8 Å². The SMILES string of the molecule is c1ccc(-c2nc3ccccc3c3c(-c4ccc(-c5ccc(-c6ccc7ccccc7n6)cc5)cc4)c4c(cc23)oc2ccccc24)cc1. The molecule has 10 rings (SSSR count). The van der Waals surface area contributed by atoms with Crippen molar-refractivity contribution in [2.24, 2.45) is 0 Å². The molecule has 0 aliphatic heterocycles. The van der Waals surface area contributed by atoms with Crippen molar-refractivity contribution in [3.05, 3.63) is 170 Å². The molecule has 0 saturated heterocycles. The molecule has 10 aromatic rings. The highest BCUT2D eigenvalue weighted by Crippen LogP contribution is 2.46. The molecule has 49 heavy (non-hydrogen) atoms. The topological polar surface area (TPSA) is 38.9 Å². The molecule has 7 aromatic carbocycles. The van der Waals surface area contributed by atoms with Gasteiger partial charge in [-0.15, -0.1) is 0 Å². The van der Waals surface area contributed by atoms with E-state index in [0.29, 0.717) is 0 Å². The van der Waals surface area contributed by atoms with Crippen LogP contribution in [-0.4, -0.2) is 9.97 Å². The Kier molecular flexibility index (Phi) is 6.18. The smallest absolute Gasteiger partial charge is 0.136 e. The molecule has 0 N–H and O–H groups in total. The first kappa shape index (κ1) is 27.5. The number of fused-ring (bicyclic) bond motifs is 7. The van der Waals surface area contributed by atoms with Gasteiger partial charge in [-0.25, -0.2) is 9.97 Å². The first-order chi connectivity index (χ1) is 24.3. The number of para-hydroxylation sites is 3. The number of nitrogens with zero attached hydrogens (tertiary/aromatic N) is 2. The Balaban J connectivity index is 1.16. The second-order valence-electron chi connectivity index (χ2n) is 12.5. The standard InChI is InChI=1S/C46H28N2O/c1-2-11-34(12-3-1)46-37-28-42-45(36-14-6-9-17-41(36)49-42)43(44(37)35-13-5-8-16-40(35)48-46)33-24-20-30(21-25-33)29-18-22-32(23-19-29)39-27-26-31-10-4-7-15-38(31)47-39/h1-28H. The first-order valence-electron chi connectivity index (χ1n) is 16.6. The van der Waals surface area contributed by atoms with Gasteiger partial charge in [0.25, 0.3) is 0 Å². The highest BCUT2D eigenvalue weighted by atomic mass is 16.3. The molecule has 0 spiro atoms. The van der Waals surface area contributed by atoms with Crippen molar-refractivity contribution < 1.29 is 4.42 Å².